The molecular formula is C17H21N3. The average molecular weight is 267 g/mol. The summed E-state index contributed by atoms with van der Waals surface area (Å²) in [7, 11) is 0. The third-order valence-corrected chi connectivity index (χ3v) is 4.10. The van der Waals surface area contributed by atoms with Gasteiger partial charge >= 0.3 is 0 Å². The molecule has 1 aliphatic carbocycles. The van der Waals surface area contributed by atoms with E-state index >= 15 is 0 Å². The van der Waals surface area contributed by atoms with Crippen LogP contribution in [-0.4, -0.2) is 9.97 Å². The Hall–Kier alpha value is -1.74. The molecule has 3 nitrogen and oxygen atoms in total. The van der Waals surface area contributed by atoms with Crippen molar-refractivity contribution in [3.8, 4) is 11.4 Å². The Balaban J connectivity index is 1.95. The lowest BCUT2D eigenvalue weighted by Gasteiger charge is -2.11. The summed E-state index contributed by atoms with van der Waals surface area (Å²) in [6, 6.07) is 10.4. The van der Waals surface area contributed by atoms with Crippen molar-refractivity contribution in [1.82, 2.24) is 9.97 Å². The van der Waals surface area contributed by atoms with Gasteiger partial charge in [-0.1, -0.05) is 37.1 Å². The molecule has 1 aromatic heterocycles. The Morgan fingerprint density at radius 2 is 1.80 bits per heavy atom. The lowest BCUT2D eigenvalue weighted by molar-refractivity contribution is 0.693. The van der Waals surface area contributed by atoms with Crippen molar-refractivity contribution in [2.75, 3.05) is 0 Å². The molecule has 1 fully saturated rings. The number of benzene rings is 1. The molecule has 1 heterocycles. The summed E-state index contributed by atoms with van der Waals surface area (Å²) in [6.45, 7) is 2.63. The molecule has 1 saturated carbocycles. The summed E-state index contributed by atoms with van der Waals surface area (Å²) in [5.41, 5.74) is 10.1. The third kappa shape index (κ3) is 2.73. The Morgan fingerprint density at radius 3 is 2.45 bits per heavy atom. The number of aromatic nitrogens is 2. The topological polar surface area (TPSA) is 51.8 Å². The molecule has 0 aliphatic heterocycles. The minimum atomic E-state index is 0.572. The highest BCUT2D eigenvalue weighted by Crippen LogP contribution is 2.33. The highest BCUT2D eigenvalue weighted by atomic mass is 14.9. The van der Waals surface area contributed by atoms with Crippen LogP contribution >= 0.6 is 0 Å². The summed E-state index contributed by atoms with van der Waals surface area (Å²) < 4.78 is 0. The SMILES string of the molecule is Cc1cc(C2CCCC2)nc(-c2ccc(CN)cc2)n1. The largest absolute Gasteiger partial charge is 0.326 e. The van der Waals surface area contributed by atoms with Crippen molar-refractivity contribution in [1.29, 1.82) is 0 Å². The first-order valence-electron chi connectivity index (χ1n) is 7.41. The zero-order valence-electron chi connectivity index (χ0n) is 12.0. The summed E-state index contributed by atoms with van der Waals surface area (Å²) in [6.07, 6.45) is 5.19. The van der Waals surface area contributed by atoms with E-state index in [-0.39, 0.29) is 0 Å². The Kier molecular flexibility index (Phi) is 3.79. The lowest BCUT2D eigenvalue weighted by atomic mass is 10.0. The highest BCUT2D eigenvalue weighted by Gasteiger charge is 2.19. The van der Waals surface area contributed by atoms with Gasteiger partial charge in [-0.2, -0.15) is 0 Å². The van der Waals surface area contributed by atoms with Gasteiger partial charge in [-0.15, -0.1) is 0 Å². The Bertz CT molecular complexity index is 584. The number of hydrogen-bond acceptors (Lipinski definition) is 3. The zero-order chi connectivity index (χ0) is 13.9. The van der Waals surface area contributed by atoms with Crippen LogP contribution in [0.15, 0.2) is 30.3 Å². The van der Waals surface area contributed by atoms with E-state index in [0.29, 0.717) is 12.5 Å². The Morgan fingerprint density at radius 1 is 1.10 bits per heavy atom. The predicted octanol–water partition coefficient (Wildman–Crippen LogP) is 3.57. The molecule has 3 rings (SSSR count). The molecule has 0 radical (unpaired) electrons. The van der Waals surface area contributed by atoms with E-state index in [4.69, 9.17) is 10.7 Å². The second kappa shape index (κ2) is 5.71. The molecule has 0 saturated heterocycles. The van der Waals surface area contributed by atoms with Gasteiger partial charge in [0.25, 0.3) is 0 Å². The molecule has 104 valence electrons. The number of nitrogens with zero attached hydrogens (tertiary/aromatic N) is 2. The van der Waals surface area contributed by atoms with E-state index in [9.17, 15) is 0 Å². The number of rotatable bonds is 3. The fourth-order valence-corrected chi connectivity index (χ4v) is 2.94. The second-order valence-electron chi connectivity index (χ2n) is 5.64. The second-order valence-corrected chi connectivity index (χ2v) is 5.64. The van der Waals surface area contributed by atoms with E-state index < -0.39 is 0 Å². The number of aryl methyl sites for hydroxylation is 1. The number of hydrogen-bond donors (Lipinski definition) is 1. The van der Waals surface area contributed by atoms with Gasteiger partial charge in [-0.25, -0.2) is 9.97 Å². The molecule has 0 amide bonds. The smallest absolute Gasteiger partial charge is 0.159 e. The van der Waals surface area contributed by atoms with Crippen molar-refractivity contribution in [2.45, 2.75) is 45.1 Å². The van der Waals surface area contributed by atoms with Gasteiger partial charge in [-0.3, -0.25) is 0 Å². The van der Waals surface area contributed by atoms with E-state index in [1.54, 1.807) is 0 Å². The van der Waals surface area contributed by atoms with E-state index in [1.807, 2.05) is 0 Å². The maximum atomic E-state index is 5.64. The third-order valence-electron chi connectivity index (χ3n) is 4.10. The maximum Gasteiger partial charge on any atom is 0.159 e. The molecule has 0 atom stereocenters. The van der Waals surface area contributed by atoms with Crippen LogP contribution in [0.5, 0.6) is 0 Å². The normalized spacial score (nSPS) is 15.7. The van der Waals surface area contributed by atoms with E-state index in [0.717, 1.165) is 22.6 Å². The molecule has 0 unspecified atom stereocenters. The van der Waals surface area contributed by atoms with Crippen LogP contribution in [0.3, 0.4) is 0 Å². The standard InChI is InChI=1S/C17H21N3/c1-12-10-16(14-4-2-3-5-14)20-17(19-12)15-8-6-13(11-18)7-9-15/h6-10,14H,2-5,11,18H2,1H3. The van der Waals surface area contributed by atoms with E-state index in [1.165, 1.54) is 31.4 Å². The van der Waals surface area contributed by atoms with Crippen molar-refractivity contribution >= 4 is 0 Å². The maximum absolute atomic E-state index is 5.64. The van der Waals surface area contributed by atoms with Gasteiger partial charge in [0.15, 0.2) is 5.82 Å². The average Bonchev–Trinajstić information content (AvgIpc) is 3.01. The molecular weight excluding hydrogens is 246 g/mol. The molecule has 2 aromatic rings. The first-order chi connectivity index (χ1) is 9.76. The molecule has 1 aliphatic rings. The van der Waals surface area contributed by atoms with Crippen LogP contribution in [-0.2, 0) is 6.54 Å². The summed E-state index contributed by atoms with van der Waals surface area (Å²) >= 11 is 0. The molecule has 0 bridgehead atoms. The van der Waals surface area contributed by atoms with Crippen LogP contribution in [0.2, 0.25) is 0 Å². The van der Waals surface area contributed by atoms with Gasteiger partial charge in [0.05, 0.1) is 0 Å². The molecule has 1 aromatic carbocycles. The van der Waals surface area contributed by atoms with Gasteiger partial charge in [0.1, 0.15) is 0 Å². The molecule has 3 heteroatoms. The van der Waals surface area contributed by atoms with Crippen LogP contribution in [0.1, 0.15) is 48.6 Å². The fraction of sp³-hybridized carbons (Fsp3) is 0.412. The Labute approximate surface area is 120 Å². The highest BCUT2D eigenvalue weighted by molar-refractivity contribution is 5.55. The minimum Gasteiger partial charge on any atom is -0.326 e. The van der Waals surface area contributed by atoms with Crippen LogP contribution in [0.4, 0.5) is 0 Å². The summed E-state index contributed by atoms with van der Waals surface area (Å²) in [5.74, 6) is 1.47. The first kappa shape index (κ1) is 13.3. The van der Waals surface area contributed by atoms with Crippen LogP contribution < -0.4 is 5.73 Å². The lowest BCUT2D eigenvalue weighted by Crippen LogP contribution is -2.02. The number of nitrogens with two attached hydrogens (primary N) is 1. The predicted molar refractivity (Wildman–Crippen MR) is 81.3 cm³/mol. The monoisotopic (exact) mass is 267 g/mol. The summed E-state index contributed by atoms with van der Waals surface area (Å²) in [4.78, 5) is 9.39. The molecule has 20 heavy (non-hydrogen) atoms. The van der Waals surface area contributed by atoms with Crippen LogP contribution in [0.25, 0.3) is 11.4 Å². The van der Waals surface area contributed by atoms with Gasteiger partial charge < -0.3 is 5.73 Å². The molecule has 0 spiro atoms. The zero-order valence-corrected chi connectivity index (χ0v) is 12.0. The van der Waals surface area contributed by atoms with Crippen molar-refractivity contribution < 1.29 is 0 Å². The van der Waals surface area contributed by atoms with Crippen molar-refractivity contribution in [2.24, 2.45) is 5.73 Å². The summed E-state index contributed by atoms with van der Waals surface area (Å²) in [5, 5.41) is 0. The van der Waals surface area contributed by atoms with Crippen molar-refractivity contribution in [3.05, 3.63) is 47.3 Å². The van der Waals surface area contributed by atoms with Gasteiger partial charge in [0.2, 0.25) is 0 Å². The quantitative estimate of drug-likeness (QED) is 0.925. The minimum absolute atomic E-state index is 0.572. The first-order valence-corrected chi connectivity index (χ1v) is 7.41. The van der Waals surface area contributed by atoms with Gasteiger partial charge in [0, 0.05) is 29.4 Å². The van der Waals surface area contributed by atoms with E-state index in [2.05, 4.69) is 42.2 Å². The van der Waals surface area contributed by atoms with Crippen molar-refractivity contribution in [3.63, 3.8) is 0 Å². The van der Waals surface area contributed by atoms with Gasteiger partial charge in [-0.05, 0) is 31.4 Å². The molecule has 2 N–H and O–H groups in total. The fourth-order valence-electron chi connectivity index (χ4n) is 2.94. The van der Waals surface area contributed by atoms with Crippen LogP contribution in [0, 0.1) is 6.92 Å².